The molecule has 1 aromatic rings. The van der Waals surface area contributed by atoms with Gasteiger partial charge in [-0.3, -0.25) is 9.59 Å². The lowest BCUT2D eigenvalue weighted by molar-refractivity contribution is -0.145. The highest BCUT2D eigenvalue weighted by atomic mass is 79.9. The van der Waals surface area contributed by atoms with Gasteiger partial charge in [0.25, 0.3) is 0 Å². The zero-order valence-corrected chi connectivity index (χ0v) is 12.3. The lowest BCUT2D eigenvalue weighted by atomic mass is 9.79. The van der Waals surface area contributed by atoms with Crippen molar-refractivity contribution >= 4 is 33.5 Å². The molecule has 2 saturated carbocycles. The van der Waals surface area contributed by atoms with Crippen LogP contribution >= 0.6 is 15.9 Å². The Kier molecular flexibility index (Phi) is 2.67. The van der Waals surface area contributed by atoms with Crippen LogP contribution in [0.25, 0.3) is 0 Å². The van der Waals surface area contributed by atoms with Crippen molar-refractivity contribution in [2.75, 3.05) is 5.32 Å². The van der Waals surface area contributed by atoms with E-state index in [1.165, 1.54) is 0 Å². The minimum absolute atomic E-state index is 0.0397. The van der Waals surface area contributed by atoms with Gasteiger partial charge in [-0.05, 0) is 43.0 Å². The summed E-state index contributed by atoms with van der Waals surface area (Å²) in [7, 11) is 0. The largest absolute Gasteiger partial charge is 0.462 e. The topological polar surface area (TPSA) is 55.4 Å². The zero-order valence-electron chi connectivity index (χ0n) is 10.7. The summed E-state index contributed by atoms with van der Waals surface area (Å²) in [6.45, 7) is 0. The van der Waals surface area contributed by atoms with Gasteiger partial charge in [0.2, 0.25) is 5.91 Å². The second-order valence-corrected chi connectivity index (χ2v) is 6.83. The molecule has 5 heteroatoms. The summed E-state index contributed by atoms with van der Waals surface area (Å²) in [4.78, 5) is 24.4. The molecule has 2 bridgehead atoms. The lowest BCUT2D eigenvalue weighted by Crippen LogP contribution is -2.35. The van der Waals surface area contributed by atoms with E-state index in [0.29, 0.717) is 5.92 Å². The van der Waals surface area contributed by atoms with Crippen LogP contribution < -0.4 is 5.32 Å². The maximum atomic E-state index is 12.5. The van der Waals surface area contributed by atoms with Crippen LogP contribution in [0.1, 0.15) is 12.8 Å². The number of carbonyl (C=O) groups is 2. The van der Waals surface area contributed by atoms with E-state index in [1.54, 1.807) is 0 Å². The molecule has 0 radical (unpaired) electrons. The highest BCUT2D eigenvalue weighted by Gasteiger charge is 2.63. The van der Waals surface area contributed by atoms with E-state index in [0.717, 1.165) is 23.0 Å². The Morgan fingerprint density at radius 1 is 1.25 bits per heavy atom. The molecule has 1 aromatic carbocycles. The number of nitrogens with one attached hydrogen (secondary N) is 1. The predicted octanol–water partition coefficient (Wildman–Crippen LogP) is 2.59. The molecule has 1 heterocycles. The first kappa shape index (κ1) is 12.4. The zero-order chi connectivity index (χ0) is 13.9. The van der Waals surface area contributed by atoms with E-state index in [4.69, 9.17) is 4.74 Å². The molecule has 1 aliphatic heterocycles. The number of hydrogen-bond acceptors (Lipinski definition) is 3. The van der Waals surface area contributed by atoms with Crippen LogP contribution in [0.4, 0.5) is 5.69 Å². The first-order chi connectivity index (χ1) is 9.63. The van der Waals surface area contributed by atoms with E-state index in [-0.39, 0.29) is 35.7 Å². The molecule has 0 spiro atoms. The summed E-state index contributed by atoms with van der Waals surface area (Å²) in [5, 5.41) is 2.93. The molecule has 4 rings (SSSR count). The fourth-order valence-electron chi connectivity index (χ4n) is 4.12. The van der Waals surface area contributed by atoms with Gasteiger partial charge in [0, 0.05) is 16.1 Å². The van der Waals surface area contributed by atoms with Crippen molar-refractivity contribution in [2.24, 2.45) is 23.7 Å². The van der Waals surface area contributed by atoms with Crippen molar-refractivity contribution in [1.29, 1.82) is 0 Å². The van der Waals surface area contributed by atoms with Crippen molar-refractivity contribution in [2.45, 2.75) is 18.9 Å². The smallest absolute Gasteiger partial charge is 0.310 e. The molecule has 104 valence electrons. The monoisotopic (exact) mass is 335 g/mol. The molecule has 2 aliphatic carbocycles. The van der Waals surface area contributed by atoms with Crippen LogP contribution in [0, 0.1) is 23.7 Å². The maximum absolute atomic E-state index is 12.5. The molecule has 1 N–H and O–H groups in total. The van der Waals surface area contributed by atoms with Gasteiger partial charge in [0.1, 0.15) is 6.10 Å². The van der Waals surface area contributed by atoms with Crippen LogP contribution in [0.15, 0.2) is 28.7 Å². The van der Waals surface area contributed by atoms with E-state index < -0.39 is 0 Å². The van der Waals surface area contributed by atoms with Crippen molar-refractivity contribution in [3.05, 3.63) is 28.7 Å². The van der Waals surface area contributed by atoms with Gasteiger partial charge in [0.05, 0.1) is 11.8 Å². The number of benzene rings is 1. The SMILES string of the molecule is O=C(Nc1ccc(Br)cc1)[C@@H]1[C@@H]2C[C@H]3[C@@H]1C(=O)O[C@@H]3C2. The number of halogens is 1. The standard InChI is InChI=1S/C15H14BrNO3/c16-8-1-3-9(4-2-8)17-14(18)12-7-5-10-11(6-7)20-15(19)13(10)12/h1-4,7,10-13H,5-6H2,(H,17,18)/t7-,10-,11-,12-,13+/m1/s1. The summed E-state index contributed by atoms with van der Waals surface area (Å²) in [6.07, 6.45) is 1.89. The van der Waals surface area contributed by atoms with Gasteiger partial charge >= 0.3 is 5.97 Å². The third kappa shape index (κ3) is 1.72. The van der Waals surface area contributed by atoms with E-state index in [9.17, 15) is 9.59 Å². The van der Waals surface area contributed by atoms with Gasteiger partial charge in [0.15, 0.2) is 0 Å². The number of rotatable bonds is 2. The average Bonchev–Trinajstić information content (AvgIpc) is 3.02. The summed E-state index contributed by atoms with van der Waals surface area (Å²) < 4.78 is 6.33. The second kappa shape index (κ2) is 4.32. The minimum atomic E-state index is -0.214. The van der Waals surface area contributed by atoms with Crippen molar-refractivity contribution in [3.8, 4) is 0 Å². The van der Waals surface area contributed by atoms with Crippen LogP contribution in [0.3, 0.4) is 0 Å². The molecule has 1 amide bonds. The molecule has 3 aliphatic rings. The van der Waals surface area contributed by atoms with Crippen molar-refractivity contribution in [1.82, 2.24) is 0 Å². The quantitative estimate of drug-likeness (QED) is 0.845. The molecule has 4 nitrogen and oxygen atoms in total. The van der Waals surface area contributed by atoms with Gasteiger partial charge in [-0.1, -0.05) is 15.9 Å². The van der Waals surface area contributed by atoms with E-state index in [1.807, 2.05) is 24.3 Å². The molecule has 20 heavy (non-hydrogen) atoms. The van der Waals surface area contributed by atoms with Gasteiger partial charge in [-0.2, -0.15) is 0 Å². The molecule has 0 aromatic heterocycles. The Hall–Kier alpha value is -1.36. The maximum Gasteiger partial charge on any atom is 0.310 e. The molecule has 3 fully saturated rings. The van der Waals surface area contributed by atoms with Crippen molar-refractivity contribution in [3.63, 3.8) is 0 Å². The number of esters is 1. The van der Waals surface area contributed by atoms with Gasteiger partial charge in [-0.25, -0.2) is 0 Å². The minimum Gasteiger partial charge on any atom is -0.462 e. The first-order valence-electron chi connectivity index (χ1n) is 6.90. The summed E-state index contributed by atoms with van der Waals surface area (Å²) in [6, 6.07) is 7.47. The third-order valence-electron chi connectivity index (χ3n) is 4.90. The van der Waals surface area contributed by atoms with Crippen LogP contribution in [0.2, 0.25) is 0 Å². The number of ether oxygens (including phenoxy) is 1. The number of amides is 1. The van der Waals surface area contributed by atoms with Crippen LogP contribution in [0.5, 0.6) is 0 Å². The summed E-state index contributed by atoms with van der Waals surface area (Å²) in [5.74, 6) is -0.0627. The molecular formula is C15H14BrNO3. The number of carbonyl (C=O) groups excluding carboxylic acids is 2. The van der Waals surface area contributed by atoms with Crippen molar-refractivity contribution < 1.29 is 14.3 Å². The Morgan fingerprint density at radius 3 is 2.75 bits per heavy atom. The van der Waals surface area contributed by atoms with E-state index in [2.05, 4.69) is 21.2 Å². The number of fused-ring (bicyclic) bond motifs is 1. The second-order valence-electron chi connectivity index (χ2n) is 5.92. The predicted molar refractivity (Wildman–Crippen MR) is 75.8 cm³/mol. The number of anilines is 1. The Bertz CT molecular complexity index is 583. The molecule has 5 atom stereocenters. The van der Waals surface area contributed by atoms with E-state index >= 15 is 0 Å². The van der Waals surface area contributed by atoms with Gasteiger partial charge in [-0.15, -0.1) is 0 Å². The number of hydrogen-bond donors (Lipinski definition) is 1. The lowest BCUT2D eigenvalue weighted by Gasteiger charge is -2.23. The fraction of sp³-hybridized carbons (Fsp3) is 0.467. The van der Waals surface area contributed by atoms with Crippen LogP contribution in [-0.4, -0.2) is 18.0 Å². The Labute approximate surface area is 125 Å². The van der Waals surface area contributed by atoms with Gasteiger partial charge < -0.3 is 10.1 Å². The first-order valence-corrected chi connectivity index (χ1v) is 7.70. The Morgan fingerprint density at radius 2 is 2.00 bits per heavy atom. The highest BCUT2D eigenvalue weighted by Crippen LogP contribution is 2.57. The third-order valence-corrected chi connectivity index (χ3v) is 5.43. The normalized spacial score (nSPS) is 37.0. The summed E-state index contributed by atoms with van der Waals surface area (Å²) >= 11 is 3.36. The van der Waals surface area contributed by atoms with Crippen LogP contribution in [-0.2, 0) is 14.3 Å². The highest BCUT2D eigenvalue weighted by molar-refractivity contribution is 9.10. The fourth-order valence-corrected chi connectivity index (χ4v) is 4.39. The average molecular weight is 336 g/mol. The molecular weight excluding hydrogens is 322 g/mol. The molecule has 0 unspecified atom stereocenters. The summed E-state index contributed by atoms with van der Waals surface area (Å²) in [5.41, 5.74) is 0.767. The molecule has 1 saturated heterocycles. The Balaban J connectivity index is 1.54.